The van der Waals surface area contributed by atoms with E-state index in [4.69, 9.17) is 5.73 Å². The van der Waals surface area contributed by atoms with Crippen molar-refractivity contribution in [1.82, 2.24) is 9.78 Å². The van der Waals surface area contributed by atoms with Crippen molar-refractivity contribution >= 4 is 0 Å². The van der Waals surface area contributed by atoms with Crippen LogP contribution >= 0.6 is 0 Å². The molecule has 1 aliphatic rings. The topological polar surface area (TPSA) is 64.1 Å². The SMILES string of the molecule is CCC(C)n1ccc(CC2(O)CCCC(N)C2)n1. The minimum atomic E-state index is -0.647. The van der Waals surface area contributed by atoms with Crippen LogP contribution in [0.4, 0.5) is 0 Å². The fourth-order valence-corrected chi connectivity index (χ4v) is 2.79. The average molecular weight is 251 g/mol. The summed E-state index contributed by atoms with van der Waals surface area (Å²) >= 11 is 0. The van der Waals surface area contributed by atoms with E-state index in [0.29, 0.717) is 18.9 Å². The van der Waals surface area contributed by atoms with E-state index in [-0.39, 0.29) is 6.04 Å². The van der Waals surface area contributed by atoms with Crippen molar-refractivity contribution in [2.45, 2.75) is 70.1 Å². The van der Waals surface area contributed by atoms with Crippen molar-refractivity contribution in [2.24, 2.45) is 5.73 Å². The molecule has 3 N–H and O–H groups in total. The minimum Gasteiger partial charge on any atom is -0.389 e. The van der Waals surface area contributed by atoms with E-state index in [0.717, 1.165) is 31.4 Å². The van der Waals surface area contributed by atoms with Gasteiger partial charge >= 0.3 is 0 Å². The molecular weight excluding hydrogens is 226 g/mol. The van der Waals surface area contributed by atoms with Gasteiger partial charge in [-0.2, -0.15) is 5.10 Å². The predicted molar refractivity (Wildman–Crippen MR) is 72.3 cm³/mol. The molecule has 1 saturated carbocycles. The third kappa shape index (κ3) is 3.12. The average Bonchev–Trinajstić information content (AvgIpc) is 2.75. The molecule has 3 unspecified atom stereocenters. The van der Waals surface area contributed by atoms with Crippen molar-refractivity contribution < 1.29 is 5.11 Å². The number of rotatable bonds is 4. The lowest BCUT2D eigenvalue weighted by Gasteiger charge is -2.34. The molecule has 0 amide bonds. The molecule has 0 aliphatic heterocycles. The summed E-state index contributed by atoms with van der Waals surface area (Å²) in [4.78, 5) is 0. The second-order valence-corrected chi connectivity index (χ2v) is 5.80. The van der Waals surface area contributed by atoms with Crippen LogP contribution in [0.3, 0.4) is 0 Å². The highest BCUT2D eigenvalue weighted by atomic mass is 16.3. The Morgan fingerprint density at radius 2 is 2.44 bits per heavy atom. The lowest BCUT2D eigenvalue weighted by molar-refractivity contribution is -0.00284. The third-order valence-electron chi connectivity index (χ3n) is 4.08. The first-order chi connectivity index (χ1) is 8.52. The van der Waals surface area contributed by atoms with Crippen LogP contribution < -0.4 is 5.73 Å². The van der Waals surface area contributed by atoms with Gasteiger partial charge in [0.1, 0.15) is 0 Å². The minimum absolute atomic E-state index is 0.139. The highest BCUT2D eigenvalue weighted by Crippen LogP contribution is 2.30. The number of aromatic nitrogens is 2. The van der Waals surface area contributed by atoms with Crippen molar-refractivity contribution in [1.29, 1.82) is 0 Å². The van der Waals surface area contributed by atoms with E-state index < -0.39 is 5.60 Å². The normalized spacial score (nSPS) is 30.3. The number of hydrogen-bond donors (Lipinski definition) is 2. The van der Waals surface area contributed by atoms with Crippen molar-refractivity contribution in [3.63, 3.8) is 0 Å². The largest absolute Gasteiger partial charge is 0.389 e. The second-order valence-electron chi connectivity index (χ2n) is 5.80. The van der Waals surface area contributed by atoms with Gasteiger partial charge in [0, 0.05) is 24.7 Å². The molecule has 4 heteroatoms. The quantitative estimate of drug-likeness (QED) is 0.860. The van der Waals surface area contributed by atoms with Crippen LogP contribution in [-0.2, 0) is 6.42 Å². The maximum absolute atomic E-state index is 10.6. The zero-order valence-corrected chi connectivity index (χ0v) is 11.5. The van der Waals surface area contributed by atoms with Gasteiger partial charge in [0.2, 0.25) is 0 Å². The third-order valence-corrected chi connectivity index (χ3v) is 4.08. The molecule has 1 fully saturated rings. The van der Waals surface area contributed by atoms with Gasteiger partial charge in [0.15, 0.2) is 0 Å². The predicted octanol–water partition coefficient (Wildman–Crippen LogP) is 2.03. The number of hydrogen-bond acceptors (Lipinski definition) is 3. The van der Waals surface area contributed by atoms with Gasteiger partial charge in [-0.05, 0) is 45.1 Å². The molecule has 3 atom stereocenters. The molecule has 0 bridgehead atoms. The van der Waals surface area contributed by atoms with E-state index in [9.17, 15) is 5.11 Å². The molecule has 0 radical (unpaired) electrons. The Kier molecular flexibility index (Phi) is 4.07. The van der Waals surface area contributed by atoms with Gasteiger partial charge in [-0.3, -0.25) is 4.68 Å². The molecule has 4 nitrogen and oxygen atoms in total. The fourth-order valence-electron chi connectivity index (χ4n) is 2.79. The summed E-state index contributed by atoms with van der Waals surface area (Å²) in [6.45, 7) is 4.31. The Bertz CT molecular complexity index is 390. The molecule has 1 heterocycles. The first kappa shape index (κ1) is 13.6. The van der Waals surface area contributed by atoms with E-state index in [1.54, 1.807) is 0 Å². The summed E-state index contributed by atoms with van der Waals surface area (Å²) in [6, 6.07) is 2.58. The number of nitrogens with two attached hydrogens (primary N) is 1. The monoisotopic (exact) mass is 251 g/mol. The van der Waals surface area contributed by atoms with Crippen molar-refractivity contribution in [2.75, 3.05) is 0 Å². The lowest BCUT2D eigenvalue weighted by Crippen LogP contribution is -2.42. The van der Waals surface area contributed by atoms with Gasteiger partial charge < -0.3 is 10.8 Å². The van der Waals surface area contributed by atoms with E-state index >= 15 is 0 Å². The molecule has 0 aromatic carbocycles. The van der Waals surface area contributed by atoms with Crippen LogP contribution in [0.15, 0.2) is 12.3 Å². The van der Waals surface area contributed by atoms with Crippen LogP contribution in [0.5, 0.6) is 0 Å². The van der Waals surface area contributed by atoms with Crippen LogP contribution in [0, 0.1) is 0 Å². The maximum Gasteiger partial charge on any atom is 0.0718 e. The first-order valence-electron chi connectivity index (χ1n) is 7.04. The summed E-state index contributed by atoms with van der Waals surface area (Å²) in [5.41, 5.74) is 6.29. The molecule has 0 saturated heterocycles. The first-order valence-corrected chi connectivity index (χ1v) is 7.04. The fraction of sp³-hybridized carbons (Fsp3) is 0.786. The lowest BCUT2D eigenvalue weighted by atomic mass is 9.79. The van der Waals surface area contributed by atoms with Gasteiger partial charge in [0.05, 0.1) is 11.3 Å². The number of nitrogens with zero attached hydrogens (tertiary/aromatic N) is 2. The Hall–Kier alpha value is -0.870. The highest BCUT2D eigenvalue weighted by Gasteiger charge is 2.33. The van der Waals surface area contributed by atoms with E-state index in [2.05, 4.69) is 18.9 Å². The summed E-state index contributed by atoms with van der Waals surface area (Å²) in [7, 11) is 0. The highest BCUT2D eigenvalue weighted by molar-refractivity contribution is 5.06. The summed E-state index contributed by atoms with van der Waals surface area (Å²) in [5.74, 6) is 0. The Morgan fingerprint density at radius 1 is 1.67 bits per heavy atom. The van der Waals surface area contributed by atoms with Crippen LogP contribution in [0.25, 0.3) is 0 Å². The maximum atomic E-state index is 10.6. The summed E-state index contributed by atoms with van der Waals surface area (Å²) in [6.07, 6.45) is 7.30. The molecule has 1 aromatic rings. The van der Waals surface area contributed by atoms with Crippen molar-refractivity contribution in [3.05, 3.63) is 18.0 Å². The number of aliphatic hydroxyl groups is 1. The van der Waals surface area contributed by atoms with Crippen LogP contribution in [0.1, 0.15) is 57.7 Å². The van der Waals surface area contributed by atoms with Gasteiger partial charge in [-0.25, -0.2) is 0 Å². The van der Waals surface area contributed by atoms with Crippen LogP contribution in [-0.4, -0.2) is 26.5 Å². The Labute approximate surface area is 109 Å². The molecule has 18 heavy (non-hydrogen) atoms. The van der Waals surface area contributed by atoms with Crippen molar-refractivity contribution in [3.8, 4) is 0 Å². The zero-order valence-electron chi connectivity index (χ0n) is 11.5. The van der Waals surface area contributed by atoms with E-state index in [1.165, 1.54) is 0 Å². The molecule has 0 spiro atoms. The smallest absolute Gasteiger partial charge is 0.0718 e. The Balaban J connectivity index is 2.02. The van der Waals surface area contributed by atoms with Gasteiger partial charge in [-0.15, -0.1) is 0 Å². The Morgan fingerprint density at radius 3 is 3.11 bits per heavy atom. The van der Waals surface area contributed by atoms with Crippen LogP contribution in [0.2, 0.25) is 0 Å². The molecule has 102 valence electrons. The standard InChI is InChI=1S/C14H25N3O/c1-3-11(2)17-8-6-13(16-17)10-14(18)7-4-5-12(15)9-14/h6,8,11-12,18H,3-5,7,9-10,15H2,1-2H3. The summed E-state index contributed by atoms with van der Waals surface area (Å²) < 4.78 is 1.99. The second kappa shape index (κ2) is 5.41. The molecule has 2 rings (SSSR count). The molecule has 1 aliphatic carbocycles. The molecule has 1 aromatic heterocycles. The zero-order chi connectivity index (χ0) is 13.2. The summed E-state index contributed by atoms with van der Waals surface area (Å²) in [5, 5.41) is 15.1. The van der Waals surface area contributed by atoms with Gasteiger partial charge in [0.25, 0.3) is 0 Å². The van der Waals surface area contributed by atoms with E-state index in [1.807, 2.05) is 16.9 Å². The molecular formula is C14H25N3O. The van der Waals surface area contributed by atoms with Gasteiger partial charge in [-0.1, -0.05) is 6.92 Å².